The summed E-state index contributed by atoms with van der Waals surface area (Å²) >= 11 is 12.1. The van der Waals surface area contributed by atoms with Crippen LogP contribution in [0, 0.1) is 12.3 Å². The van der Waals surface area contributed by atoms with Crippen LogP contribution >= 0.6 is 23.2 Å². The van der Waals surface area contributed by atoms with Gasteiger partial charge >= 0.3 is 6.03 Å². The Morgan fingerprint density at radius 1 is 1.30 bits per heavy atom. The smallest absolute Gasteiger partial charge is 0.317 e. The van der Waals surface area contributed by atoms with Crippen LogP contribution in [0.2, 0.25) is 10.0 Å². The number of carbonyl (C=O) groups excluding carboxylic acids is 1. The van der Waals surface area contributed by atoms with Crippen LogP contribution in [0.15, 0.2) is 12.1 Å². The number of amides is 2. The van der Waals surface area contributed by atoms with Gasteiger partial charge in [0.25, 0.3) is 0 Å². The van der Waals surface area contributed by atoms with Crippen LogP contribution in [-0.4, -0.2) is 36.2 Å². The Hall–Kier alpha value is -0.970. The van der Waals surface area contributed by atoms with E-state index < -0.39 is 0 Å². The molecular formula is C17H26Cl2N2O2. The highest BCUT2D eigenvalue weighted by Gasteiger charge is 2.28. The van der Waals surface area contributed by atoms with Crippen LogP contribution in [0.4, 0.5) is 4.79 Å². The second kappa shape index (κ2) is 8.76. The molecule has 0 radical (unpaired) electrons. The Kier molecular flexibility index (Phi) is 7.65. The van der Waals surface area contributed by atoms with Gasteiger partial charge in [-0.1, -0.05) is 37.0 Å². The largest absolute Gasteiger partial charge is 0.396 e. The first-order valence-electron chi connectivity index (χ1n) is 7.83. The fraction of sp³-hybridized carbons (Fsp3) is 0.588. The molecule has 2 N–H and O–H groups in total. The zero-order valence-electron chi connectivity index (χ0n) is 14.2. The number of aryl methyl sites for hydroxylation is 1. The third kappa shape index (κ3) is 5.27. The minimum Gasteiger partial charge on any atom is -0.396 e. The van der Waals surface area contributed by atoms with Gasteiger partial charge in [-0.15, -0.1) is 0 Å². The number of hydrogen-bond acceptors (Lipinski definition) is 2. The standard InChI is InChI=1S/C17H26Cl2N2O2/c1-5-17(6-2,11-22)10-21(4)16(23)20-9-14-12(3)7-13(18)8-15(14)19/h7-8,22H,5-6,9-11H2,1-4H3,(H,20,23). The number of nitrogens with zero attached hydrogens (tertiary/aromatic N) is 1. The van der Waals surface area contributed by atoms with E-state index in [-0.39, 0.29) is 18.1 Å². The molecule has 0 fully saturated rings. The molecule has 23 heavy (non-hydrogen) atoms. The second-order valence-electron chi connectivity index (χ2n) is 6.06. The van der Waals surface area contributed by atoms with Crippen molar-refractivity contribution in [1.29, 1.82) is 0 Å². The molecule has 6 heteroatoms. The van der Waals surface area contributed by atoms with Crippen LogP contribution in [0.5, 0.6) is 0 Å². The Bertz CT molecular complexity index is 514. The van der Waals surface area contributed by atoms with Crippen molar-refractivity contribution in [3.8, 4) is 0 Å². The predicted octanol–water partition coefficient (Wildman–Crippen LogP) is 4.24. The summed E-state index contributed by atoms with van der Waals surface area (Å²) in [6, 6.07) is 3.31. The number of hydrogen-bond donors (Lipinski definition) is 2. The molecule has 0 spiro atoms. The third-order valence-corrected chi connectivity index (χ3v) is 5.11. The minimum absolute atomic E-state index is 0.0692. The zero-order chi connectivity index (χ0) is 17.6. The van der Waals surface area contributed by atoms with Gasteiger partial charge in [-0.2, -0.15) is 0 Å². The van der Waals surface area contributed by atoms with Crippen molar-refractivity contribution in [1.82, 2.24) is 10.2 Å². The Balaban J connectivity index is 2.70. The van der Waals surface area contributed by atoms with Gasteiger partial charge in [0.1, 0.15) is 0 Å². The summed E-state index contributed by atoms with van der Waals surface area (Å²) in [6.45, 7) is 6.89. The summed E-state index contributed by atoms with van der Waals surface area (Å²) in [4.78, 5) is 13.9. The van der Waals surface area contributed by atoms with E-state index in [0.717, 1.165) is 24.0 Å². The average molecular weight is 361 g/mol. The monoisotopic (exact) mass is 360 g/mol. The molecule has 0 aliphatic carbocycles. The molecular weight excluding hydrogens is 335 g/mol. The number of rotatable bonds is 7. The van der Waals surface area contributed by atoms with Gasteiger partial charge in [-0.3, -0.25) is 0 Å². The van der Waals surface area contributed by atoms with E-state index in [1.807, 2.05) is 26.8 Å². The molecule has 0 heterocycles. The number of urea groups is 1. The molecule has 0 unspecified atom stereocenters. The maximum Gasteiger partial charge on any atom is 0.317 e. The summed E-state index contributed by atoms with van der Waals surface area (Å²) in [6.07, 6.45) is 1.64. The fourth-order valence-electron chi connectivity index (χ4n) is 2.58. The second-order valence-corrected chi connectivity index (χ2v) is 6.91. The third-order valence-electron chi connectivity index (χ3n) is 4.55. The van der Waals surface area contributed by atoms with Gasteiger partial charge in [0.15, 0.2) is 0 Å². The first-order chi connectivity index (χ1) is 10.8. The van der Waals surface area contributed by atoms with Crippen molar-refractivity contribution in [3.05, 3.63) is 33.3 Å². The molecule has 130 valence electrons. The number of benzene rings is 1. The van der Waals surface area contributed by atoms with Gasteiger partial charge in [0, 0.05) is 35.6 Å². The van der Waals surface area contributed by atoms with E-state index in [0.29, 0.717) is 23.1 Å². The molecule has 1 aromatic rings. The number of nitrogens with one attached hydrogen (secondary N) is 1. The highest BCUT2D eigenvalue weighted by molar-refractivity contribution is 6.35. The molecule has 0 aromatic heterocycles. The van der Waals surface area contributed by atoms with Crippen LogP contribution in [0.3, 0.4) is 0 Å². The quantitative estimate of drug-likeness (QED) is 0.763. The summed E-state index contributed by atoms with van der Waals surface area (Å²) in [5.41, 5.74) is 1.55. The average Bonchev–Trinajstić information content (AvgIpc) is 2.51. The lowest BCUT2D eigenvalue weighted by molar-refractivity contribution is 0.0839. The molecule has 0 aliphatic rings. The number of aliphatic hydroxyl groups excluding tert-OH is 1. The molecule has 1 rings (SSSR count). The van der Waals surface area contributed by atoms with Crippen molar-refractivity contribution in [2.45, 2.75) is 40.2 Å². The molecule has 2 amide bonds. The normalized spacial score (nSPS) is 11.4. The van der Waals surface area contributed by atoms with E-state index in [1.165, 1.54) is 0 Å². The van der Waals surface area contributed by atoms with Crippen LogP contribution in [0.25, 0.3) is 0 Å². The van der Waals surface area contributed by atoms with E-state index in [9.17, 15) is 9.90 Å². The minimum atomic E-state index is -0.250. The maximum atomic E-state index is 12.3. The van der Waals surface area contributed by atoms with Gasteiger partial charge in [0.05, 0.1) is 6.61 Å². The first kappa shape index (κ1) is 20.1. The van der Waals surface area contributed by atoms with Gasteiger partial charge in [-0.05, 0) is 43.0 Å². The van der Waals surface area contributed by atoms with Crippen molar-refractivity contribution >= 4 is 29.2 Å². The summed E-state index contributed by atoms with van der Waals surface area (Å²) in [7, 11) is 1.74. The van der Waals surface area contributed by atoms with Crippen molar-refractivity contribution in [2.24, 2.45) is 5.41 Å². The lowest BCUT2D eigenvalue weighted by atomic mass is 9.83. The Morgan fingerprint density at radius 3 is 2.39 bits per heavy atom. The number of aliphatic hydroxyl groups is 1. The van der Waals surface area contributed by atoms with Crippen LogP contribution in [0.1, 0.15) is 37.8 Å². The van der Waals surface area contributed by atoms with E-state index in [1.54, 1.807) is 18.0 Å². The summed E-state index contributed by atoms with van der Waals surface area (Å²) in [5, 5.41) is 13.6. The topological polar surface area (TPSA) is 52.6 Å². The SMILES string of the molecule is CCC(CC)(CO)CN(C)C(=O)NCc1c(C)cc(Cl)cc1Cl. The zero-order valence-corrected chi connectivity index (χ0v) is 15.8. The summed E-state index contributed by atoms with van der Waals surface area (Å²) in [5.74, 6) is 0. The molecule has 1 aromatic carbocycles. The van der Waals surface area contributed by atoms with Gasteiger partial charge < -0.3 is 15.3 Å². The van der Waals surface area contributed by atoms with Crippen molar-refractivity contribution < 1.29 is 9.90 Å². The Morgan fingerprint density at radius 2 is 1.91 bits per heavy atom. The highest BCUT2D eigenvalue weighted by atomic mass is 35.5. The van der Waals surface area contributed by atoms with E-state index in [4.69, 9.17) is 23.2 Å². The maximum absolute atomic E-state index is 12.3. The predicted molar refractivity (Wildman–Crippen MR) is 96.2 cm³/mol. The van der Waals surface area contributed by atoms with Crippen molar-refractivity contribution in [3.63, 3.8) is 0 Å². The molecule has 0 bridgehead atoms. The van der Waals surface area contributed by atoms with Crippen molar-refractivity contribution in [2.75, 3.05) is 20.2 Å². The molecule has 0 atom stereocenters. The highest BCUT2D eigenvalue weighted by Crippen LogP contribution is 2.27. The van der Waals surface area contributed by atoms with Gasteiger partial charge in [-0.25, -0.2) is 4.79 Å². The van der Waals surface area contributed by atoms with E-state index >= 15 is 0 Å². The number of halogens is 2. The van der Waals surface area contributed by atoms with Crippen LogP contribution in [-0.2, 0) is 6.54 Å². The molecule has 0 saturated carbocycles. The fourth-order valence-corrected chi connectivity index (χ4v) is 3.24. The van der Waals surface area contributed by atoms with Crippen LogP contribution < -0.4 is 5.32 Å². The molecule has 0 saturated heterocycles. The Labute approximate surface area is 148 Å². The lowest BCUT2D eigenvalue weighted by Crippen LogP contribution is -2.44. The number of carbonyl (C=O) groups is 1. The van der Waals surface area contributed by atoms with Gasteiger partial charge in [0.2, 0.25) is 0 Å². The molecule has 4 nitrogen and oxygen atoms in total. The molecule has 0 aliphatic heterocycles. The lowest BCUT2D eigenvalue weighted by Gasteiger charge is -2.34. The first-order valence-corrected chi connectivity index (χ1v) is 8.58. The van der Waals surface area contributed by atoms with E-state index in [2.05, 4.69) is 5.32 Å². The summed E-state index contributed by atoms with van der Waals surface area (Å²) < 4.78 is 0.